The van der Waals surface area contributed by atoms with E-state index in [9.17, 15) is 13.6 Å². The fourth-order valence-electron chi connectivity index (χ4n) is 2.51. The van der Waals surface area contributed by atoms with Crippen molar-refractivity contribution in [2.45, 2.75) is 51.3 Å². The molecule has 1 aliphatic heterocycles. The monoisotopic (exact) mass is 343 g/mol. The molecule has 0 bridgehead atoms. The Labute approximate surface area is 139 Å². The number of hydrogen-bond donors (Lipinski definition) is 2. The van der Waals surface area contributed by atoms with Crippen molar-refractivity contribution in [1.82, 2.24) is 15.6 Å². The number of nitrogens with zero attached hydrogens (tertiary/aromatic N) is 1. The third-order valence-corrected chi connectivity index (χ3v) is 3.71. The number of amides is 2. The van der Waals surface area contributed by atoms with E-state index in [4.69, 9.17) is 4.74 Å². The Bertz CT molecular complexity index is 507. The number of nitrogens with one attached hydrogen (secondary N) is 2. The number of alkyl halides is 2. The van der Waals surface area contributed by atoms with Gasteiger partial charge in [0.05, 0.1) is 12.6 Å². The maximum atomic E-state index is 12.2. The minimum atomic E-state index is -2.92. The highest BCUT2D eigenvalue weighted by atomic mass is 19.3. The van der Waals surface area contributed by atoms with Crippen LogP contribution < -0.4 is 15.4 Å². The Kier molecular flexibility index (Phi) is 7.67. The van der Waals surface area contributed by atoms with E-state index in [2.05, 4.69) is 20.4 Å². The first kappa shape index (κ1) is 18.4. The Balaban J connectivity index is 1.77. The van der Waals surface area contributed by atoms with E-state index in [0.717, 1.165) is 38.7 Å². The lowest BCUT2D eigenvalue weighted by Gasteiger charge is -2.18. The zero-order chi connectivity index (χ0) is 17.2. The summed E-state index contributed by atoms with van der Waals surface area (Å²) in [7, 11) is 0. The average Bonchev–Trinajstić information content (AvgIpc) is 2.67. The van der Waals surface area contributed by atoms with E-state index in [-0.39, 0.29) is 24.5 Å². The van der Waals surface area contributed by atoms with Gasteiger partial charge < -0.3 is 20.1 Å². The van der Waals surface area contributed by atoms with Gasteiger partial charge in [-0.05, 0) is 24.5 Å². The number of carbonyl (C=O) groups is 1. The summed E-state index contributed by atoms with van der Waals surface area (Å²) in [6, 6.07) is 2.67. The predicted molar refractivity (Wildman–Crippen MR) is 83.9 cm³/mol. The molecule has 1 aromatic heterocycles. The lowest BCUT2D eigenvalue weighted by Crippen LogP contribution is -2.44. The van der Waals surface area contributed by atoms with E-state index in [1.807, 2.05) is 0 Å². The molecule has 0 spiro atoms. The van der Waals surface area contributed by atoms with Gasteiger partial charge in [-0.1, -0.05) is 19.3 Å². The molecule has 1 fully saturated rings. The van der Waals surface area contributed by atoms with Gasteiger partial charge in [0.1, 0.15) is 0 Å². The molecule has 1 aromatic rings. The van der Waals surface area contributed by atoms with Crippen molar-refractivity contribution in [3.8, 4) is 5.88 Å². The third-order valence-electron chi connectivity index (χ3n) is 3.71. The lowest BCUT2D eigenvalue weighted by molar-refractivity contribution is -0.0529. The third kappa shape index (κ3) is 7.08. The van der Waals surface area contributed by atoms with Crippen LogP contribution >= 0.6 is 0 Å². The molecule has 0 saturated carbocycles. The number of aromatic nitrogens is 1. The number of halogens is 2. The minimum Gasteiger partial charge on any atom is -0.417 e. The first-order valence-electron chi connectivity index (χ1n) is 8.15. The van der Waals surface area contributed by atoms with Crippen LogP contribution in [0.1, 0.15) is 37.7 Å². The maximum Gasteiger partial charge on any atom is 0.388 e. The molecule has 1 aliphatic rings. The molecule has 1 unspecified atom stereocenters. The van der Waals surface area contributed by atoms with Crippen LogP contribution in [0.15, 0.2) is 18.3 Å². The first-order valence-corrected chi connectivity index (χ1v) is 8.15. The van der Waals surface area contributed by atoms with Gasteiger partial charge in [-0.3, -0.25) is 0 Å². The highest BCUT2D eigenvalue weighted by Gasteiger charge is 2.14. The Morgan fingerprint density at radius 2 is 2.21 bits per heavy atom. The van der Waals surface area contributed by atoms with Crippen molar-refractivity contribution < 1.29 is 23.0 Å². The zero-order valence-corrected chi connectivity index (χ0v) is 13.5. The van der Waals surface area contributed by atoms with Crippen LogP contribution in [-0.2, 0) is 11.3 Å². The molecule has 1 saturated heterocycles. The number of urea groups is 1. The summed E-state index contributed by atoms with van der Waals surface area (Å²) in [4.78, 5) is 15.7. The van der Waals surface area contributed by atoms with Crippen molar-refractivity contribution in [1.29, 1.82) is 0 Å². The second-order valence-electron chi connectivity index (χ2n) is 5.68. The molecule has 8 heteroatoms. The molecule has 0 radical (unpaired) electrons. The molecule has 2 N–H and O–H groups in total. The van der Waals surface area contributed by atoms with E-state index < -0.39 is 6.61 Å². The fourth-order valence-corrected chi connectivity index (χ4v) is 2.51. The van der Waals surface area contributed by atoms with Gasteiger partial charge in [-0.15, -0.1) is 0 Å². The molecule has 0 aromatic carbocycles. The minimum absolute atomic E-state index is 0.0155. The van der Waals surface area contributed by atoms with Crippen molar-refractivity contribution in [2.75, 3.05) is 13.2 Å². The van der Waals surface area contributed by atoms with Gasteiger partial charge in [-0.2, -0.15) is 8.78 Å². The average molecular weight is 343 g/mol. The Morgan fingerprint density at radius 1 is 1.38 bits per heavy atom. The molecule has 134 valence electrons. The van der Waals surface area contributed by atoms with E-state index in [0.29, 0.717) is 12.2 Å². The van der Waals surface area contributed by atoms with Gasteiger partial charge in [0.25, 0.3) is 0 Å². The Morgan fingerprint density at radius 3 is 3.04 bits per heavy atom. The van der Waals surface area contributed by atoms with E-state index in [1.165, 1.54) is 12.3 Å². The lowest BCUT2D eigenvalue weighted by atomic mass is 10.1. The van der Waals surface area contributed by atoms with Crippen LogP contribution in [0.25, 0.3) is 0 Å². The molecular weight excluding hydrogens is 320 g/mol. The van der Waals surface area contributed by atoms with E-state index in [1.54, 1.807) is 6.07 Å². The molecule has 6 nitrogen and oxygen atoms in total. The SMILES string of the molecule is O=C(NCc1ccnc(OC(F)F)c1)NC1CCCCCCOC1. The summed E-state index contributed by atoms with van der Waals surface area (Å²) in [5.74, 6) is -0.172. The summed E-state index contributed by atoms with van der Waals surface area (Å²) in [6.07, 6.45) is 6.67. The van der Waals surface area contributed by atoms with Gasteiger partial charge in [0, 0.05) is 25.4 Å². The highest BCUT2D eigenvalue weighted by molar-refractivity contribution is 5.74. The van der Waals surface area contributed by atoms with Crippen LogP contribution in [0.2, 0.25) is 0 Å². The fraction of sp³-hybridized carbons (Fsp3) is 0.625. The van der Waals surface area contributed by atoms with Gasteiger partial charge >= 0.3 is 12.6 Å². The summed E-state index contributed by atoms with van der Waals surface area (Å²) in [5.41, 5.74) is 0.626. The van der Waals surface area contributed by atoms with Crippen molar-refractivity contribution in [3.05, 3.63) is 23.9 Å². The normalized spacial score (nSPS) is 19.0. The molecule has 2 rings (SSSR count). The Hall–Kier alpha value is -1.96. The number of hydrogen-bond acceptors (Lipinski definition) is 4. The summed E-state index contributed by atoms with van der Waals surface area (Å²) >= 11 is 0. The van der Waals surface area contributed by atoms with Crippen LogP contribution in [0.5, 0.6) is 5.88 Å². The van der Waals surface area contributed by atoms with Crippen LogP contribution in [-0.4, -0.2) is 36.9 Å². The van der Waals surface area contributed by atoms with E-state index >= 15 is 0 Å². The second-order valence-corrected chi connectivity index (χ2v) is 5.68. The maximum absolute atomic E-state index is 12.2. The molecule has 2 heterocycles. The van der Waals surface area contributed by atoms with Crippen molar-refractivity contribution >= 4 is 6.03 Å². The topological polar surface area (TPSA) is 72.5 Å². The predicted octanol–water partition coefficient (Wildman–Crippen LogP) is 2.83. The van der Waals surface area contributed by atoms with Gasteiger partial charge in [0.15, 0.2) is 0 Å². The largest absolute Gasteiger partial charge is 0.417 e. The molecule has 1 atom stereocenters. The molecule has 0 aliphatic carbocycles. The number of carbonyl (C=O) groups excluding carboxylic acids is 1. The second kappa shape index (κ2) is 10.0. The van der Waals surface area contributed by atoms with Gasteiger partial charge in [0.2, 0.25) is 5.88 Å². The van der Waals surface area contributed by atoms with Crippen LogP contribution in [0.3, 0.4) is 0 Å². The van der Waals surface area contributed by atoms with Gasteiger partial charge in [-0.25, -0.2) is 9.78 Å². The summed E-state index contributed by atoms with van der Waals surface area (Å²) in [5, 5.41) is 5.59. The summed E-state index contributed by atoms with van der Waals surface area (Å²) in [6.45, 7) is -1.49. The standard InChI is InChI=1S/C16H23F2N3O3/c17-15(18)24-14-9-12(6-7-19-14)10-20-16(22)21-13-5-3-1-2-4-8-23-11-13/h6-7,9,13,15H,1-5,8,10-11H2,(H2,20,21,22). The number of pyridine rings is 1. The van der Waals surface area contributed by atoms with Crippen LogP contribution in [0.4, 0.5) is 13.6 Å². The molecule has 2 amide bonds. The zero-order valence-electron chi connectivity index (χ0n) is 13.5. The highest BCUT2D eigenvalue weighted by Crippen LogP contribution is 2.12. The molecular formula is C16H23F2N3O3. The van der Waals surface area contributed by atoms with Crippen molar-refractivity contribution in [2.24, 2.45) is 0 Å². The quantitative estimate of drug-likeness (QED) is 0.862. The van der Waals surface area contributed by atoms with Crippen LogP contribution in [0, 0.1) is 0 Å². The number of ether oxygens (including phenoxy) is 2. The summed E-state index contributed by atoms with van der Waals surface area (Å²) < 4.78 is 34.1. The van der Waals surface area contributed by atoms with Crippen molar-refractivity contribution in [3.63, 3.8) is 0 Å². The smallest absolute Gasteiger partial charge is 0.388 e. The molecule has 24 heavy (non-hydrogen) atoms. The first-order chi connectivity index (χ1) is 11.6. The number of rotatable bonds is 5.